The number of nitrogens with zero attached hydrogens (tertiary/aromatic N) is 2. The molecule has 0 bridgehead atoms. The number of amides is 1. The summed E-state index contributed by atoms with van der Waals surface area (Å²) in [5, 5.41) is 14.4. The topological polar surface area (TPSA) is 111 Å². The molecule has 7 nitrogen and oxygen atoms in total. The molecular formula is C18H18N4O3S. The largest absolute Gasteiger partial charge is 0.379 e. The van der Waals surface area contributed by atoms with Crippen molar-refractivity contribution in [3.05, 3.63) is 69.8 Å². The number of rotatable bonds is 4. The van der Waals surface area contributed by atoms with Crippen LogP contribution in [0.15, 0.2) is 53.5 Å². The van der Waals surface area contributed by atoms with Gasteiger partial charge in [0.25, 0.3) is 11.6 Å². The Morgan fingerprint density at radius 1 is 1.31 bits per heavy atom. The summed E-state index contributed by atoms with van der Waals surface area (Å²) in [5.41, 5.74) is 6.70. The first-order valence-corrected chi connectivity index (χ1v) is 9.01. The lowest BCUT2D eigenvalue weighted by Gasteiger charge is -2.30. The molecule has 0 saturated heterocycles. The van der Waals surface area contributed by atoms with E-state index >= 15 is 0 Å². The van der Waals surface area contributed by atoms with Crippen molar-refractivity contribution in [3.63, 3.8) is 0 Å². The molecule has 26 heavy (non-hydrogen) atoms. The van der Waals surface area contributed by atoms with Crippen LogP contribution in [0, 0.1) is 10.1 Å². The zero-order valence-corrected chi connectivity index (χ0v) is 15.0. The predicted octanol–water partition coefficient (Wildman–Crippen LogP) is 3.51. The average molecular weight is 370 g/mol. The van der Waals surface area contributed by atoms with Crippen molar-refractivity contribution in [2.24, 2.45) is 10.7 Å². The number of hydrogen-bond donors (Lipinski definition) is 2. The number of amidine groups is 1. The van der Waals surface area contributed by atoms with Crippen molar-refractivity contribution < 1.29 is 9.72 Å². The molecule has 3 N–H and O–H groups in total. The van der Waals surface area contributed by atoms with E-state index in [1.165, 1.54) is 30.0 Å². The van der Waals surface area contributed by atoms with Gasteiger partial charge in [0.1, 0.15) is 5.56 Å². The van der Waals surface area contributed by atoms with Crippen LogP contribution in [0.2, 0.25) is 0 Å². The maximum Gasteiger partial charge on any atom is 0.282 e. The standard InChI is InChI=1S/C18H18N4O3S/c1-18(9-10-26-17(19)21-18)12-5-4-6-13(11-12)20-16(23)14-7-2-3-8-15(14)22(24)25/h2-8,11H,9-10H2,1H3,(H2,19,21)(H,20,23). The zero-order valence-electron chi connectivity index (χ0n) is 14.1. The van der Waals surface area contributed by atoms with Crippen molar-refractivity contribution in [2.45, 2.75) is 18.9 Å². The smallest absolute Gasteiger partial charge is 0.282 e. The third-order valence-corrected chi connectivity index (χ3v) is 5.08. The highest BCUT2D eigenvalue weighted by atomic mass is 32.2. The highest BCUT2D eigenvalue weighted by molar-refractivity contribution is 8.13. The van der Waals surface area contributed by atoms with Gasteiger partial charge in [-0.1, -0.05) is 36.0 Å². The fourth-order valence-corrected chi connectivity index (χ4v) is 3.82. The Morgan fingerprint density at radius 3 is 2.81 bits per heavy atom. The summed E-state index contributed by atoms with van der Waals surface area (Å²) in [4.78, 5) is 27.6. The quantitative estimate of drug-likeness (QED) is 0.632. The molecule has 0 fully saturated rings. The second-order valence-corrected chi connectivity index (χ2v) is 7.25. The number of aliphatic imine (C=N–C) groups is 1. The van der Waals surface area contributed by atoms with Crippen molar-refractivity contribution in [2.75, 3.05) is 11.1 Å². The Morgan fingerprint density at radius 2 is 2.08 bits per heavy atom. The maximum absolute atomic E-state index is 12.5. The fourth-order valence-electron chi connectivity index (χ4n) is 2.85. The molecule has 2 aromatic rings. The molecule has 1 atom stereocenters. The van der Waals surface area contributed by atoms with Crippen LogP contribution in [0.3, 0.4) is 0 Å². The van der Waals surface area contributed by atoms with Gasteiger partial charge in [0, 0.05) is 17.5 Å². The second-order valence-electron chi connectivity index (χ2n) is 6.13. The van der Waals surface area contributed by atoms with Crippen molar-refractivity contribution in [1.29, 1.82) is 0 Å². The molecule has 0 aromatic heterocycles. The number of nitro groups is 1. The number of anilines is 1. The molecule has 8 heteroatoms. The van der Waals surface area contributed by atoms with Gasteiger partial charge in [-0.3, -0.25) is 19.9 Å². The Balaban J connectivity index is 1.87. The lowest BCUT2D eigenvalue weighted by molar-refractivity contribution is -0.385. The summed E-state index contributed by atoms with van der Waals surface area (Å²) in [6.45, 7) is 2.00. The molecule has 0 spiro atoms. The Labute approximate surface area is 154 Å². The molecule has 1 aliphatic rings. The number of nitrogens with two attached hydrogens (primary N) is 1. The van der Waals surface area contributed by atoms with E-state index < -0.39 is 16.4 Å². The van der Waals surface area contributed by atoms with Crippen LogP contribution < -0.4 is 11.1 Å². The Hall–Kier alpha value is -2.87. The lowest BCUT2D eigenvalue weighted by Crippen LogP contribution is -2.28. The third-order valence-electron chi connectivity index (χ3n) is 4.28. The van der Waals surface area contributed by atoms with Gasteiger partial charge in [-0.05, 0) is 37.1 Å². The minimum absolute atomic E-state index is 0.0189. The van der Waals surface area contributed by atoms with Gasteiger partial charge in [0.15, 0.2) is 5.17 Å². The van der Waals surface area contributed by atoms with Crippen LogP contribution in [-0.4, -0.2) is 21.8 Å². The summed E-state index contributed by atoms with van der Waals surface area (Å²) < 4.78 is 0. The number of hydrogen-bond acceptors (Lipinski definition) is 6. The van der Waals surface area contributed by atoms with Crippen LogP contribution in [0.25, 0.3) is 0 Å². The molecular weight excluding hydrogens is 352 g/mol. The minimum atomic E-state index is -0.566. The van der Waals surface area contributed by atoms with Gasteiger partial charge < -0.3 is 11.1 Å². The Bertz CT molecular complexity index is 900. The molecule has 2 aromatic carbocycles. The Kier molecular flexibility index (Phi) is 4.94. The van der Waals surface area contributed by atoms with Crippen LogP contribution >= 0.6 is 11.8 Å². The van der Waals surface area contributed by atoms with Crippen LogP contribution in [0.4, 0.5) is 11.4 Å². The molecule has 0 radical (unpaired) electrons. The van der Waals surface area contributed by atoms with Crippen LogP contribution in [0.5, 0.6) is 0 Å². The van der Waals surface area contributed by atoms with Crippen LogP contribution in [0.1, 0.15) is 29.3 Å². The SMILES string of the molecule is CC1(c2cccc(NC(=O)c3ccccc3[N+](=O)[O-])c2)CCSC(N)=N1. The molecule has 0 saturated carbocycles. The van der Waals surface area contributed by atoms with E-state index in [1.54, 1.807) is 12.1 Å². The number of benzene rings is 2. The first-order chi connectivity index (χ1) is 12.4. The molecule has 1 amide bonds. The van der Waals surface area contributed by atoms with Gasteiger partial charge in [0.05, 0.1) is 10.5 Å². The first-order valence-electron chi connectivity index (χ1n) is 8.02. The van der Waals surface area contributed by atoms with E-state index in [1.807, 2.05) is 25.1 Å². The maximum atomic E-state index is 12.5. The molecule has 1 aliphatic heterocycles. The van der Waals surface area contributed by atoms with E-state index in [2.05, 4.69) is 10.3 Å². The predicted molar refractivity (Wildman–Crippen MR) is 104 cm³/mol. The summed E-state index contributed by atoms with van der Waals surface area (Å²) in [5.74, 6) is 0.348. The van der Waals surface area contributed by atoms with Crippen LogP contribution in [-0.2, 0) is 5.54 Å². The second kappa shape index (κ2) is 7.17. The monoisotopic (exact) mass is 370 g/mol. The average Bonchev–Trinajstić information content (AvgIpc) is 2.61. The van der Waals surface area contributed by atoms with E-state index in [-0.39, 0.29) is 11.3 Å². The van der Waals surface area contributed by atoms with Gasteiger partial charge in [-0.2, -0.15) is 0 Å². The number of nitro benzene ring substituents is 1. The normalized spacial score (nSPS) is 19.5. The highest BCUT2D eigenvalue weighted by Crippen LogP contribution is 2.36. The van der Waals surface area contributed by atoms with E-state index in [0.29, 0.717) is 10.9 Å². The lowest BCUT2D eigenvalue weighted by atomic mass is 9.89. The van der Waals surface area contributed by atoms with Crippen molar-refractivity contribution in [1.82, 2.24) is 0 Å². The van der Waals surface area contributed by atoms with E-state index in [0.717, 1.165) is 17.7 Å². The summed E-state index contributed by atoms with van der Waals surface area (Å²) in [6.07, 6.45) is 0.833. The number of nitrogens with one attached hydrogen (secondary N) is 1. The first kappa shape index (κ1) is 17.9. The molecule has 0 aliphatic carbocycles. The molecule has 1 unspecified atom stereocenters. The third kappa shape index (κ3) is 3.70. The van der Waals surface area contributed by atoms with Crippen molar-refractivity contribution >= 4 is 34.2 Å². The zero-order chi connectivity index (χ0) is 18.7. The highest BCUT2D eigenvalue weighted by Gasteiger charge is 2.29. The fraction of sp³-hybridized carbons (Fsp3) is 0.222. The van der Waals surface area contributed by atoms with Gasteiger partial charge in [-0.25, -0.2) is 0 Å². The van der Waals surface area contributed by atoms with Gasteiger partial charge in [0.2, 0.25) is 0 Å². The number of carbonyl (C=O) groups excluding carboxylic acids is 1. The van der Waals surface area contributed by atoms with Crippen molar-refractivity contribution in [3.8, 4) is 0 Å². The molecule has 3 rings (SSSR count). The number of thioether (sulfide) groups is 1. The molecule has 1 heterocycles. The van der Waals surface area contributed by atoms with E-state index in [4.69, 9.17) is 5.73 Å². The molecule has 134 valence electrons. The minimum Gasteiger partial charge on any atom is -0.379 e. The summed E-state index contributed by atoms with van der Waals surface area (Å²) in [6, 6.07) is 13.2. The van der Waals surface area contributed by atoms with Gasteiger partial charge in [-0.15, -0.1) is 0 Å². The van der Waals surface area contributed by atoms with Gasteiger partial charge >= 0.3 is 0 Å². The number of carbonyl (C=O) groups is 1. The number of para-hydroxylation sites is 1. The van der Waals surface area contributed by atoms with E-state index in [9.17, 15) is 14.9 Å². The summed E-state index contributed by atoms with van der Waals surface area (Å²) in [7, 11) is 0. The summed E-state index contributed by atoms with van der Waals surface area (Å²) >= 11 is 1.53.